The summed E-state index contributed by atoms with van der Waals surface area (Å²) in [5.74, 6) is 2.02. The first-order valence-electron chi connectivity index (χ1n) is 9.67. The van der Waals surface area contributed by atoms with Crippen molar-refractivity contribution in [1.82, 2.24) is 24.4 Å². The maximum atomic E-state index is 11.2. The highest BCUT2D eigenvalue weighted by Gasteiger charge is 2.25. The highest BCUT2D eigenvalue weighted by molar-refractivity contribution is 5.92. The predicted molar refractivity (Wildman–Crippen MR) is 108 cm³/mol. The Hall–Kier alpha value is -3.26. The zero-order valence-corrected chi connectivity index (χ0v) is 16.4. The fourth-order valence-electron chi connectivity index (χ4n) is 3.61. The van der Waals surface area contributed by atoms with Gasteiger partial charge < -0.3 is 15.0 Å². The Kier molecular flexibility index (Phi) is 5.53. The van der Waals surface area contributed by atoms with Crippen molar-refractivity contribution in [3.63, 3.8) is 0 Å². The van der Waals surface area contributed by atoms with Crippen molar-refractivity contribution in [2.24, 2.45) is 12.8 Å². The molecule has 0 unspecified atom stereocenters. The van der Waals surface area contributed by atoms with Gasteiger partial charge in [-0.2, -0.15) is 0 Å². The SMILES string of the molecule is Cn1ccnc1CN1CCC(c2nccnc2Oc2ccc(C(N)=O)cc2)CC1. The molecule has 1 amide bonds. The number of carbonyl (C=O) groups excluding carboxylic acids is 1. The zero-order valence-electron chi connectivity index (χ0n) is 16.4. The normalized spacial score (nSPS) is 15.3. The molecular formula is C21H24N6O2. The van der Waals surface area contributed by atoms with Gasteiger partial charge >= 0.3 is 0 Å². The number of imidazole rings is 1. The number of nitrogens with zero attached hydrogens (tertiary/aromatic N) is 5. The van der Waals surface area contributed by atoms with Crippen molar-refractivity contribution in [3.05, 3.63) is 66.1 Å². The van der Waals surface area contributed by atoms with Gasteiger partial charge in [0.05, 0.1) is 6.54 Å². The van der Waals surface area contributed by atoms with Crippen LogP contribution in [-0.2, 0) is 13.6 Å². The van der Waals surface area contributed by atoms with Crippen molar-refractivity contribution in [2.45, 2.75) is 25.3 Å². The lowest BCUT2D eigenvalue weighted by Gasteiger charge is -2.31. The Morgan fingerprint density at radius 3 is 2.48 bits per heavy atom. The molecule has 3 aromatic rings. The van der Waals surface area contributed by atoms with Crippen LogP contribution >= 0.6 is 0 Å². The monoisotopic (exact) mass is 392 g/mol. The van der Waals surface area contributed by atoms with Crippen molar-refractivity contribution in [3.8, 4) is 11.6 Å². The van der Waals surface area contributed by atoms with E-state index in [1.54, 1.807) is 36.7 Å². The number of benzene rings is 1. The summed E-state index contributed by atoms with van der Waals surface area (Å²) in [6, 6.07) is 6.72. The van der Waals surface area contributed by atoms with Crippen molar-refractivity contribution < 1.29 is 9.53 Å². The highest BCUT2D eigenvalue weighted by atomic mass is 16.5. The quantitative estimate of drug-likeness (QED) is 0.692. The molecule has 8 heteroatoms. The van der Waals surface area contributed by atoms with Crippen LogP contribution in [0.1, 0.15) is 40.6 Å². The van der Waals surface area contributed by atoms with E-state index in [2.05, 4.69) is 24.4 Å². The molecule has 1 aliphatic rings. The van der Waals surface area contributed by atoms with Crippen LogP contribution in [0.25, 0.3) is 0 Å². The fourth-order valence-corrected chi connectivity index (χ4v) is 3.61. The average molecular weight is 392 g/mol. The summed E-state index contributed by atoms with van der Waals surface area (Å²) in [7, 11) is 2.02. The van der Waals surface area contributed by atoms with Crippen LogP contribution in [0, 0.1) is 0 Å². The lowest BCUT2D eigenvalue weighted by Crippen LogP contribution is -2.33. The molecule has 0 atom stereocenters. The predicted octanol–water partition coefficient (Wildman–Crippen LogP) is 2.48. The van der Waals surface area contributed by atoms with E-state index in [0.29, 0.717) is 23.1 Å². The summed E-state index contributed by atoms with van der Waals surface area (Å²) < 4.78 is 8.03. The molecule has 8 nitrogen and oxygen atoms in total. The van der Waals surface area contributed by atoms with E-state index in [9.17, 15) is 4.79 Å². The van der Waals surface area contributed by atoms with Crippen LogP contribution in [0.2, 0.25) is 0 Å². The van der Waals surface area contributed by atoms with Crippen LogP contribution in [0.3, 0.4) is 0 Å². The summed E-state index contributed by atoms with van der Waals surface area (Å²) in [5, 5.41) is 0. The van der Waals surface area contributed by atoms with Crippen LogP contribution in [-0.4, -0.2) is 43.4 Å². The third-order valence-electron chi connectivity index (χ3n) is 5.30. The fraction of sp³-hybridized carbons (Fsp3) is 0.333. The Morgan fingerprint density at radius 1 is 1.10 bits per heavy atom. The second-order valence-electron chi connectivity index (χ2n) is 7.24. The molecule has 1 saturated heterocycles. The van der Waals surface area contributed by atoms with Crippen molar-refractivity contribution in [2.75, 3.05) is 13.1 Å². The molecule has 29 heavy (non-hydrogen) atoms. The number of primary amides is 1. The standard InChI is InChI=1S/C21H24N6O2/c1-26-13-10-23-18(26)14-27-11-6-15(7-12-27)19-21(25-9-8-24-19)29-17-4-2-16(3-5-17)20(22)28/h2-5,8-10,13,15H,6-7,11-12,14H2,1H3,(H2,22,28). The number of aromatic nitrogens is 4. The first kappa shape index (κ1) is 19.1. The van der Waals surface area contributed by atoms with E-state index in [1.807, 2.05) is 19.4 Å². The number of amides is 1. The van der Waals surface area contributed by atoms with Crippen molar-refractivity contribution >= 4 is 5.91 Å². The van der Waals surface area contributed by atoms with Crippen LogP contribution < -0.4 is 10.5 Å². The van der Waals surface area contributed by atoms with Gasteiger partial charge in [0.15, 0.2) is 0 Å². The second-order valence-corrected chi connectivity index (χ2v) is 7.24. The molecule has 0 radical (unpaired) electrons. The molecule has 0 bridgehead atoms. The van der Waals surface area contributed by atoms with Gasteiger partial charge in [0.25, 0.3) is 0 Å². The molecule has 2 N–H and O–H groups in total. The maximum Gasteiger partial charge on any atom is 0.248 e. The minimum absolute atomic E-state index is 0.293. The Morgan fingerprint density at radius 2 is 1.83 bits per heavy atom. The Labute approximate surface area is 169 Å². The van der Waals surface area contributed by atoms with E-state index in [0.717, 1.165) is 44.0 Å². The lowest BCUT2D eigenvalue weighted by molar-refractivity contribution is 0.100. The van der Waals surface area contributed by atoms with E-state index in [-0.39, 0.29) is 0 Å². The van der Waals surface area contributed by atoms with Gasteiger partial charge in [0.2, 0.25) is 11.8 Å². The molecule has 1 aliphatic heterocycles. The Balaban J connectivity index is 1.42. The molecule has 0 saturated carbocycles. The number of hydrogen-bond acceptors (Lipinski definition) is 6. The summed E-state index contributed by atoms with van der Waals surface area (Å²) >= 11 is 0. The summed E-state index contributed by atoms with van der Waals surface area (Å²) in [6.45, 7) is 2.80. The van der Waals surface area contributed by atoms with Gasteiger partial charge in [0.1, 0.15) is 17.3 Å². The summed E-state index contributed by atoms with van der Waals surface area (Å²) in [4.78, 5) is 27.0. The van der Waals surface area contributed by atoms with Crippen LogP contribution in [0.4, 0.5) is 0 Å². The smallest absolute Gasteiger partial charge is 0.248 e. The largest absolute Gasteiger partial charge is 0.437 e. The van der Waals surface area contributed by atoms with Gasteiger partial charge in [-0.3, -0.25) is 14.7 Å². The molecule has 2 aromatic heterocycles. The zero-order chi connectivity index (χ0) is 20.2. The van der Waals surface area contributed by atoms with E-state index in [1.165, 1.54) is 0 Å². The van der Waals surface area contributed by atoms with Crippen molar-refractivity contribution in [1.29, 1.82) is 0 Å². The number of hydrogen-bond donors (Lipinski definition) is 1. The first-order valence-corrected chi connectivity index (χ1v) is 9.67. The average Bonchev–Trinajstić information content (AvgIpc) is 3.14. The molecular weight excluding hydrogens is 368 g/mol. The van der Waals surface area contributed by atoms with Gasteiger partial charge in [-0.25, -0.2) is 9.97 Å². The van der Waals surface area contributed by atoms with Gasteiger partial charge in [0, 0.05) is 43.3 Å². The van der Waals surface area contributed by atoms with Crippen LogP contribution in [0.15, 0.2) is 49.1 Å². The number of piperidine rings is 1. The molecule has 0 spiro atoms. The molecule has 150 valence electrons. The van der Waals surface area contributed by atoms with E-state index >= 15 is 0 Å². The molecule has 1 fully saturated rings. The third-order valence-corrected chi connectivity index (χ3v) is 5.30. The number of likely N-dealkylation sites (tertiary alicyclic amines) is 1. The third kappa shape index (κ3) is 4.43. The number of nitrogens with two attached hydrogens (primary N) is 1. The van der Waals surface area contributed by atoms with Gasteiger partial charge in [-0.1, -0.05) is 0 Å². The second kappa shape index (κ2) is 8.40. The van der Waals surface area contributed by atoms with Gasteiger partial charge in [-0.05, 0) is 50.2 Å². The Bertz CT molecular complexity index is 977. The minimum Gasteiger partial charge on any atom is -0.437 e. The van der Waals surface area contributed by atoms with Crippen LogP contribution in [0.5, 0.6) is 11.6 Å². The minimum atomic E-state index is -0.464. The first-order chi connectivity index (χ1) is 14.1. The van der Waals surface area contributed by atoms with Gasteiger partial charge in [-0.15, -0.1) is 0 Å². The molecule has 0 aliphatic carbocycles. The summed E-state index contributed by atoms with van der Waals surface area (Å²) in [6.07, 6.45) is 9.12. The number of ether oxygens (including phenoxy) is 1. The molecule has 4 rings (SSSR count). The number of aryl methyl sites for hydroxylation is 1. The topological polar surface area (TPSA) is 99.2 Å². The lowest BCUT2D eigenvalue weighted by atomic mass is 9.93. The highest BCUT2D eigenvalue weighted by Crippen LogP contribution is 2.33. The van der Waals surface area contributed by atoms with E-state index in [4.69, 9.17) is 10.5 Å². The maximum absolute atomic E-state index is 11.2. The van der Waals surface area contributed by atoms with E-state index < -0.39 is 5.91 Å². The number of rotatable bonds is 6. The summed E-state index contributed by atoms with van der Waals surface area (Å²) in [5.41, 5.74) is 6.61. The number of carbonyl (C=O) groups is 1. The molecule has 1 aromatic carbocycles. The molecule has 3 heterocycles.